The SMILES string of the molecule is ClCCCCCOCc1ccco1. The lowest BCUT2D eigenvalue weighted by atomic mass is 10.3. The molecule has 1 aromatic rings. The van der Waals surface area contributed by atoms with Gasteiger partial charge in [0, 0.05) is 12.5 Å². The Morgan fingerprint density at radius 2 is 2.23 bits per heavy atom. The smallest absolute Gasteiger partial charge is 0.129 e. The first kappa shape index (κ1) is 10.6. The summed E-state index contributed by atoms with van der Waals surface area (Å²) in [5.41, 5.74) is 0. The molecule has 0 saturated heterocycles. The van der Waals surface area contributed by atoms with Gasteiger partial charge in [-0.2, -0.15) is 0 Å². The number of halogens is 1. The summed E-state index contributed by atoms with van der Waals surface area (Å²) in [6.45, 7) is 1.37. The van der Waals surface area contributed by atoms with Gasteiger partial charge < -0.3 is 9.15 Å². The molecule has 1 heterocycles. The molecule has 0 bridgehead atoms. The molecule has 13 heavy (non-hydrogen) atoms. The fraction of sp³-hybridized carbons (Fsp3) is 0.600. The summed E-state index contributed by atoms with van der Waals surface area (Å²) in [5, 5.41) is 0. The van der Waals surface area contributed by atoms with E-state index in [1.807, 2.05) is 12.1 Å². The van der Waals surface area contributed by atoms with Crippen molar-refractivity contribution in [2.24, 2.45) is 0 Å². The van der Waals surface area contributed by atoms with Crippen LogP contribution in [-0.4, -0.2) is 12.5 Å². The van der Waals surface area contributed by atoms with Gasteiger partial charge >= 0.3 is 0 Å². The number of ether oxygens (including phenoxy) is 1. The maximum absolute atomic E-state index is 5.54. The van der Waals surface area contributed by atoms with E-state index in [0.29, 0.717) is 6.61 Å². The van der Waals surface area contributed by atoms with Gasteiger partial charge in [0.15, 0.2) is 0 Å². The van der Waals surface area contributed by atoms with Crippen molar-refractivity contribution in [3.05, 3.63) is 24.2 Å². The Bertz CT molecular complexity index is 197. The van der Waals surface area contributed by atoms with E-state index in [1.54, 1.807) is 6.26 Å². The van der Waals surface area contributed by atoms with Crippen LogP contribution < -0.4 is 0 Å². The standard InChI is InChI=1S/C10H15ClO2/c11-6-2-1-3-7-12-9-10-5-4-8-13-10/h4-5,8H,1-3,6-7,9H2. The molecule has 0 N–H and O–H groups in total. The van der Waals surface area contributed by atoms with E-state index in [9.17, 15) is 0 Å². The van der Waals surface area contributed by atoms with Crippen LogP contribution in [0.15, 0.2) is 22.8 Å². The van der Waals surface area contributed by atoms with Gasteiger partial charge in [0.25, 0.3) is 0 Å². The minimum absolute atomic E-state index is 0.577. The first-order chi connectivity index (χ1) is 6.43. The molecule has 0 radical (unpaired) electrons. The lowest BCUT2D eigenvalue weighted by molar-refractivity contribution is 0.103. The highest BCUT2D eigenvalue weighted by Gasteiger charge is 1.94. The third kappa shape index (κ3) is 4.96. The number of furan rings is 1. The molecule has 0 amide bonds. The Labute approximate surface area is 83.8 Å². The maximum Gasteiger partial charge on any atom is 0.129 e. The number of rotatable bonds is 7. The molecular weight excluding hydrogens is 188 g/mol. The summed E-state index contributed by atoms with van der Waals surface area (Å²) < 4.78 is 10.5. The van der Waals surface area contributed by atoms with Crippen LogP contribution in [0.3, 0.4) is 0 Å². The van der Waals surface area contributed by atoms with Crippen LogP contribution in [0.1, 0.15) is 25.0 Å². The van der Waals surface area contributed by atoms with Gasteiger partial charge in [0.05, 0.1) is 6.26 Å². The average Bonchev–Trinajstić information content (AvgIpc) is 2.63. The second kappa shape index (κ2) is 6.98. The van der Waals surface area contributed by atoms with E-state index in [1.165, 1.54) is 0 Å². The van der Waals surface area contributed by atoms with Gasteiger partial charge in [-0.3, -0.25) is 0 Å². The van der Waals surface area contributed by atoms with Gasteiger partial charge in [-0.1, -0.05) is 0 Å². The lowest BCUT2D eigenvalue weighted by Gasteiger charge is -2.00. The monoisotopic (exact) mass is 202 g/mol. The Balaban J connectivity index is 1.90. The molecule has 0 aliphatic rings. The Kier molecular flexibility index (Phi) is 5.70. The number of alkyl halides is 1. The molecule has 1 rings (SSSR count). The fourth-order valence-electron chi connectivity index (χ4n) is 1.04. The predicted octanol–water partition coefficient (Wildman–Crippen LogP) is 3.21. The van der Waals surface area contributed by atoms with Crippen molar-refractivity contribution >= 4 is 11.6 Å². The third-order valence-electron chi connectivity index (χ3n) is 1.75. The number of unbranched alkanes of at least 4 members (excludes halogenated alkanes) is 2. The molecule has 0 unspecified atom stereocenters. The Morgan fingerprint density at radius 3 is 2.92 bits per heavy atom. The molecule has 0 spiro atoms. The summed E-state index contributed by atoms with van der Waals surface area (Å²) in [5.74, 6) is 1.63. The highest BCUT2D eigenvalue weighted by atomic mass is 35.5. The van der Waals surface area contributed by atoms with Crippen molar-refractivity contribution in [2.45, 2.75) is 25.9 Å². The zero-order valence-electron chi connectivity index (χ0n) is 7.67. The minimum atomic E-state index is 0.577. The quantitative estimate of drug-likeness (QED) is 0.501. The van der Waals surface area contributed by atoms with Crippen molar-refractivity contribution in [2.75, 3.05) is 12.5 Å². The van der Waals surface area contributed by atoms with E-state index >= 15 is 0 Å². The molecule has 0 fully saturated rings. The van der Waals surface area contributed by atoms with E-state index < -0.39 is 0 Å². The molecule has 0 saturated carbocycles. The van der Waals surface area contributed by atoms with Gasteiger partial charge in [0.1, 0.15) is 12.4 Å². The molecule has 2 nitrogen and oxygen atoms in total. The van der Waals surface area contributed by atoms with Gasteiger partial charge in [-0.25, -0.2) is 0 Å². The van der Waals surface area contributed by atoms with Crippen molar-refractivity contribution in [3.63, 3.8) is 0 Å². The van der Waals surface area contributed by atoms with Gasteiger partial charge in [-0.05, 0) is 31.4 Å². The molecule has 3 heteroatoms. The van der Waals surface area contributed by atoms with Crippen molar-refractivity contribution in [1.29, 1.82) is 0 Å². The normalized spacial score (nSPS) is 10.5. The first-order valence-corrected chi connectivity index (χ1v) is 5.13. The van der Waals surface area contributed by atoms with Crippen molar-refractivity contribution in [3.8, 4) is 0 Å². The summed E-state index contributed by atoms with van der Waals surface area (Å²) in [6, 6.07) is 3.78. The summed E-state index contributed by atoms with van der Waals surface area (Å²) in [6.07, 6.45) is 4.95. The fourth-order valence-corrected chi connectivity index (χ4v) is 1.23. The summed E-state index contributed by atoms with van der Waals surface area (Å²) in [4.78, 5) is 0. The molecular formula is C10H15ClO2. The predicted molar refractivity (Wildman–Crippen MR) is 52.9 cm³/mol. The van der Waals surface area contributed by atoms with Crippen LogP contribution in [0, 0.1) is 0 Å². The van der Waals surface area contributed by atoms with Crippen LogP contribution in [0.2, 0.25) is 0 Å². The zero-order chi connectivity index (χ0) is 9.36. The lowest BCUT2D eigenvalue weighted by Crippen LogP contribution is -1.94. The van der Waals surface area contributed by atoms with E-state index in [4.69, 9.17) is 20.8 Å². The molecule has 0 aliphatic carbocycles. The van der Waals surface area contributed by atoms with Crippen LogP contribution in [0.5, 0.6) is 0 Å². The highest BCUT2D eigenvalue weighted by molar-refractivity contribution is 6.17. The average molecular weight is 203 g/mol. The molecule has 0 aliphatic heterocycles. The number of hydrogen-bond acceptors (Lipinski definition) is 2. The van der Waals surface area contributed by atoms with Crippen molar-refractivity contribution < 1.29 is 9.15 Å². The number of hydrogen-bond donors (Lipinski definition) is 0. The minimum Gasteiger partial charge on any atom is -0.467 e. The van der Waals surface area contributed by atoms with E-state index in [-0.39, 0.29) is 0 Å². The maximum atomic E-state index is 5.54. The van der Waals surface area contributed by atoms with Crippen LogP contribution in [0.4, 0.5) is 0 Å². The summed E-state index contributed by atoms with van der Waals surface area (Å²) in [7, 11) is 0. The second-order valence-electron chi connectivity index (χ2n) is 2.88. The van der Waals surface area contributed by atoms with E-state index in [0.717, 1.165) is 37.5 Å². The van der Waals surface area contributed by atoms with Crippen molar-refractivity contribution in [1.82, 2.24) is 0 Å². The van der Waals surface area contributed by atoms with Gasteiger partial charge in [-0.15, -0.1) is 11.6 Å². The van der Waals surface area contributed by atoms with Crippen LogP contribution in [-0.2, 0) is 11.3 Å². The van der Waals surface area contributed by atoms with Gasteiger partial charge in [0.2, 0.25) is 0 Å². The third-order valence-corrected chi connectivity index (χ3v) is 2.01. The molecule has 1 aromatic heterocycles. The first-order valence-electron chi connectivity index (χ1n) is 4.59. The largest absolute Gasteiger partial charge is 0.467 e. The van der Waals surface area contributed by atoms with Crippen LogP contribution in [0.25, 0.3) is 0 Å². The molecule has 74 valence electrons. The molecule has 0 atom stereocenters. The molecule has 0 aromatic carbocycles. The zero-order valence-corrected chi connectivity index (χ0v) is 8.43. The summed E-state index contributed by atoms with van der Waals surface area (Å²) >= 11 is 5.54. The highest BCUT2D eigenvalue weighted by Crippen LogP contribution is 2.03. The second-order valence-corrected chi connectivity index (χ2v) is 3.26. The Morgan fingerprint density at radius 1 is 1.31 bits per heavy atom. The van der Waals surface area contributed by atoms with E-state index in [2.05, 4.69) is 0 Å². The van der Waals surface area contributed by atoms with Crippen LogP contribution >= 0.6 is 11.6 Å². The Hall–Kier alpha value is -0.470. The topological polar surface area (TPSA) is 22.4 Å².